The average molecular weight is 356 g/mol. The van der Waals surface area contributed by atoms with Crippen molar-refractivity contribution in [2.45, 2.75) is 6.42 Å². The Balaban J connectivity index is 1.60. The summed E-state index contributed by atoms with van der Waals surface area (Å²) in [6, 6.07) is 17.3. The van der Waals surface area contributed by atoms with E-state index in [-0.39, 0.29) is 5.91 Å². The molecule has 0 aliphatic carbocycles. The highest BCUT2D eigenvalue weighted by Gasteiger charge is 2.07. The molecule has 3 rings (SSSR count). The standard InChI is InChI=1S/C18H14ClN3OS/c19-15-9-5-4-8-14(15)10-11-16(23)20-18-22-21-17(24-18)12-13-6-2-1-3-7-13/h1-11H,12H2,(H,20,22,23). The molecule has 0 fully saturated rings. The highest BCUT2D eigenvalue weighted by molar-refractivity contribution is 7.15. The Bertz CT molecular complexity index is 861. The van der Waals surface area contributed by atoms with Gasteiger partial charge in [-0.3, -0.25) is 10.1 Å². The summed E-state index contributed by atoms with van der Waals surface area (Å²) in [4.78, 5) is 12.0. The molecule has 0 unspecified atom stereocenters. The lowest BCUT2D eigenvalue weighted by atomic mass is 10.2. The quantitative estimate of drug-likeness (QED) is 0.688. The first kappa shape index (κ1) is 16.4. The number of amides is 1. The van der Waals surface area contributed by atoms with Crippen LogP contribution in [0, 0.1) is 0 Å². The molecule has 4 nitrogen and oxygen atoms in total. The molecule has 0 aliphatic rings. The molecule has 3 aromatic rings. The van der Waals surface area contributed by atoms with Crippen molar-refractivity contribution in [1.82, 2.24) is 10.2 Å². The van der Waals surface area contributed by atoms with Crippen molar-refractivity contribution >= 4 is 40.1 Å². The maximum absolute atomic E-state index is 12.0. The van der Waals surface area contributed by atoms with Crippen LogP contribution >= 0.6 is 22.9 Å². The van der Waals surface area contributed by atoms with Crippen LogP contribution in [-0.2, 0) is 11.2 Å². The van der Waals surface area contributed by atoms with Crippen molar-refractivity contribution in [2.75, 3.05) is 5.32 Å². The van der Waals surface area contributed by atoms with Gasteiger partial charge < -0.3 is 0 Å². The smallest absolute Gasteiger partial charge is 0.250 e. The SMILES string of the molecule is O=C(C=Cc1ccccc1Cl)Nc1nnc(Cc2ccccc2)s1. The van der Waals surface area contributed by atoms with Crippen LogP contribution in [0.25, 0.3) is 6.08 Å². The molecule has 6 heteroatoms. The van der Waals surface area contributed by atoms with Crippen LogP contribution in [0.15, 0.2) is 60.7 Å². The van der Waals surface area contributed by atoms with Gasteiger partial charge in [-0.25, -0.2) is 0 Å². The average Bonchev–Trinajstić information content (AvgIpc) is 3.02. The molecule has 0 radical (unpaired) electrons. The number of hydrogen-bond donors (Lipinski definition) is 1. The lowest BCUT2D eigenvalue weighted by Crippen LogP contribution is -2.07. The van der Waals surface area contributed by atoms with Gasteiger partial charge in [-0.05, 0) is 23.3 Å². The third-order valence-electron chi connectivity index (χ3n) is 3.21. The number of nitrogens with zero attached hydrogens (tertiary/aromatic N) is 2. The Hall–Kier alpha value is -2.50. The zero-order chi connectivity index (χ0) is 16.8. The Kier molecular flexibility index (Phi) is 5.36. The maximum Gasteiger partial charge on any atom is 0.250 e. The van der Waals surface area contributed by atoms with Crippen LogP contribution in [0.4, 0.5) is 5.13 Å². The lowest BCUT2D eigenvalue weighted by Gasteiger charge is -1.97. The fraction of sp³-hybridized carbons (Fsp3) is 0.0556. The highest BCUT2D eigenvalue weighted by Crippen LogP contribution is 2.19. The van der Waals surface area contributed by atoms with Gasteiger partial charge in [-0.15, -0.1) is 10.2 Å². The number of benzene rings is 2. The summed E-state index contributed by atoms with van der Waals surface area (Å²) in [7, 11) is 0. The van der Waals surface area contributed by atoms with Gasteiger partial charge in [0.1, 0.15) is 5.01 Å². The molecule has 1 heterocycles. The maximum atomic E-state index is 12.0. The van der Waals surface area contributed by atoms with Crippen LogP contribution in [0.5, 0.6) is 0 Å². The molecule has 0 bridgehead atoms. The second kappa shape index (κ2) is 7.86. The van der Waals surface area contributed by atoms with Gasteiger partial charge in [-0.1, -0.05) is 71.5 Å². The van der Waals surface area contributed by atoms with E-state index in [1.54, 1.807) is 12.1 Å². The van der Waals surface area contributed by atoms with Crippen molar-refractivity contribution < 1.29 is 4.79 Å². The molecule has 120 valence electrons. The largest absolute Gasteiger partial charge is 0.297 e. The predicted molar refractivity (Wildman–Crippen MR) is 98.3 cm³/mol. The van der Waals surface area contributed by atoms with Crippen molar-refractivity contribution in [3.63, 3.8) is 0 Å². The van der Waals surface area contributed by atoms with E-state index in [2.05, 4.69) is 15.5 Å². The summed E-state index contributed by atoms with van der Waals surface area (Å²) in [5.41, 5.74) is 1.95. The van der Waals surface area contributed by atoms with Crippen LogP contribution < -0.4 is 5.32 Å². The van der Waals surface area contributed by atoms with Crippen molar-refractivity contribution in [1.29, 1.82) is 0 Å². The summed E-state index contributed by atoms with van der Waals surface area (Å²) in [5, 5.41) is 12.8. The Labute approximate surface area is 148 Å². The fourth-order valence-corrected chi connectivity index (χ4v) is 3.04. The van der Waals surface area contributed by atoms with Gasteiger partial charge in [0.25, 0.3) is 0 Å². The lowest BCUT2D eigenvalue weighted by molar-refractivity contribution is -0.111. The van der Waals surface area contributed by atoms with Crippen LogP contribution in [0.1, 0.15) is 16.1 Å². The minimum atomic E-state index is -0.266. The van der Waals surface area contributed by atoms with Gasteiger partial charge in [0.15, 0.2) is 0 Å². The first-order valence-corrected chi connectivity index (χ1v) is 8.50. The van der Waals surface area contributed by atoms with E-state index in [0.717, 1.165) is 16.1 Å². The number of hydrogen-bond acceptors (Lipinski definition) is 4. The topological polar surface area (TPSA) is 54.9 Å². The predicted octanol–water partition coefficient (Wildman–Crippen LogP) is 4.43. The van der Waals surface area contributed by atoms with Gasteiger partial charge in [-0.2, -0.15) is 0 Å². The van der Waals surface area contributed by atoms with Gasteiger partial charge >= 0.3 is 0 Å². The molecular weight excluding hydrogens is 342 g/mol. The summed E-state index contributed by atoms with van der Waals surface area (Å²) >= 11 is 7.41. The van der Waals surface area contributed by atoms with Crippen molar-refractivity contribution in [2.24, 2.45) is 0 Å². The van der Waals surface area contributed by atoms with E-state index in [4.69, 9.17) is 11.6 Å². The minimum Gasteiger partial charge on any atom is -0.297 e. The minimum absolute atomic E-state index is 0.266. The molecule has 0 saturated carbocycles. The summed E-state index contributed by atoms with van der Waals surface area (Å²) in [6.07, 6.45) is 3.80. The van der Waals surface area contributed by atoms with Crippen LogP contribution in [0.2, 0.25) is 5.02 Å². The van der Waals surface area contributed by atoms with Gasteiger partial charge in [0, 0.05) is 17.5 Å². The third kappa shape index (κ3) is 4.50. The molecular formula is C18H14ClN3OS. The zero-order valence-corrected chi connectivity index (χ0v) is 14.2. The van der Waals surface area contributed by atoms with Crippen molar-refractivity contribution in [3.8, 4) is 0 Å². The van der Waals surface area contributed by atoms with E-state index in [1.165, 1.54) is 17.4 Å². The molecule has 2 aromatic carbocycles. The number of anilines is 1. The van der Waals surface area contributed by atoms with Crippen LogP contribution in [0.3, 0.4) is 0 Å². The first-order valence-electron chi connectivity index (χ1n) is 7.30. The molecule has 24 heavy (non-hydrogen) atoms. The first-order chi connectivity index (χ1) is 11.7. The second-order valence-electron chi connectivity index (χ2n) is 5.01. The molecule has 0 saturated heterocycles. The molecule has 1 aromatic heterocycles. The Morgan fingerprint density at radius 1 is 1.08 bits per heavy atom. The van der Waals surface area contributed by atoms with Crippen molar-refractivity contribution in [3.05, 3.63) is 81.8 Å². The molecule has 1 N–H and O–H groups in total. The van der Waals surface area contributed by atoms with E-state index >= 15 is 0 Å². The Morgan fingerprint density at radius 3 is 2.62 bits per heavy atom. The van der Waals surface area contributed by atoms with E-state index in [0.29, 0.717) is 16.6 Å². The van der Waals surface area contributed by atoms with Gasteiger partial charge in [0.2, 0.25) is 11.0 Å². The van der Waals surface area contributed by atoms with E-state index < -0.39 is 0 Å². The van der Waals surface area contributed by atoms with E-state index in [1.807, 2.05) is 48.5 Å². The van der Waals surface area contributed by atoms with E-state index in [9.17, 15) is 4.79 Å². The summed E-state index contributed by atoms with van der Waals surface area (Å²) in [5.74, 6) is -0.266. The van der Waals surface area contributed by atoms with Crippen LogP contribution in [-0.4, -0.2) is 16.1 Å². The third-order valence-corrected chi connectivity index (χ3v) is 4.40. The summed E-state index contributed by atoms with van der Waals surface area (Å²) in [6.45, 7) is 0. The summed E-state index contributed by atoms with van der Waals surface area (Å²) < 4.78 is 0. The number of carbonyl (C=O) groups is 1. The number of aromatic nitrogens is 2. The second-order valence-corrected chi connectivity index (χ2v) is 6.48. The number of carbonyl (C=O) groups excluding carboxylic acids is 1. The zero-order valence-electron chi connectivity index (χ0n) is 12.6. The number of rotatable bonds is 5. The fourth-order valence-electron chi connectivity index (χ4n) is 2.07. The van der Waals surface area contributed by atoms with Gasteiger partial charge in [0.05, 0.1) is 0 Å². The number of halogens is 1. The molecule has 0 spiro atoms. The normalized spacial score (nSPS) is 10.9. The molecule has 0 aliphatic heterocycles. The number of nitrogens with one attached hydrogen (secondary N) is 1. The monoisotopic (exact) mass is 355 g/mol. The molecule has 0 atom stereocenters. The highest BCUT2D eigenvalue weighted by atomic mass is 35.5. The Morgan fingerprint density at radius 2 is 1.83 bits per heavy atom. The molecule has 1 amide bonds.